The van der Waals surface area contributed by atoms with Crippen LogP contribution in [0.2, 0.25) is 0 Å². The zero-order valence-corrected chi connectivity index (χ0v) is 7.81. The molecule has 3 heteroatoms. The predicted molar refractivity (Wildman–Crippen MR) is 52.5 cm³/mol. The van der Waals surface area contributed by atoms with Crippen LogP contribution in [0.15, 0.2) is 30.3 Å². The van der Waals surface area contributed by atoms with E-state index in [1.807, 2.05) is 30.3 Å². The van der Waals surface area contributed by atoms with Crippen molar-refractivity contribution < 1.29 is 9.90 Å². The van der Waals surface area contributed by atoms with Crippen LogP contribution < -0.4 is 5.32 Å². The highest BCUT2D eigenvalue weighted by molar-refractivity contribution is 5.81. The minimum atomic E-state index is -0.236. The second-order valence-electron chi connectivity index (χ2n) is 3.59. The Morgan fingerprint density at radius 3 is 2.64 bits per heavy atom. The molecule has 74 valence electrons. The zero-order chi connectivity index (χ0) is 9.97. The molecule has 1 aromatic rings. The molecule has 2 N–H and O–H groups in total. The Balaban J connectivity index is 2.13. The maximum absolute atomic E-state index is 11.3. The van der Waals surface area contributed by atoms with E-state index in [2.05, 4.69) is 5.32 Å². The number of aliphatic hydroxyl groups excluding tert-OH is 1. The third-order valence-electron chi connectivity index (χ3n) is 2.63. The Bertz CT molecular complexity index is 323. The molecule has 0 radical (unpaired) electrons. The Labute approximate surface area is 82.8 Å². The number of hydrogen-bond donors (Lipinski definition) is 2. The highest BCUT2D eigenvalue weighted by Gasteiger charge is 2.31. The van der Waals surface area contributed by atoms with Crippen LogP contribution in [0.25, 0.3) is 0 Å². The number of nitrogens with one attached hydrogen (secondary N) is 1. The molecule has 0 aliphatic carbocycles. The SMILES string of the molecule is O=C1N[C@H](c2ccccc2)C[C@H]1CO. The van der Waals surface area contributed by atoms with Crippen molar-refractivity contribution in [2.75, 3.05) is 6.61 Å². The van der Waals surface area contributed by atoms with Crippen LogP contribution in [0, 0.1) is 5.92 Å². The van der Waals surface area contributed by atoms with E-state index in [-0.39, 0.29) is 24.5 Å². The average molecular weight is 191 g/mol. The van der Waals surface area contributed by atoms with Gasteiger partial charge in [-0.3, -0.25) is 4.79 Å². The molecule has 0 aromatic heterocycles. The largest absolute Gasteiger partial charge is 0.396 e. The molecule has 1 aromatic carbocycles. The summed E-state index contributed by atoms with van der Waals surface area (Å²) < 4.78 is 0. The van der Waals surface area contributed by atoms with Crippen LogP contribution in [-0.4, -0.2) is 17.6 Å². The predicted octanol–water partition coefficient (Wildman–Crippen LogP) is 0.856. The van der Waals surface area contributed by atoms with Gasteiger partial charge in [-0.2, -0.15) is 0 Å². The van der Waals surface area contributed by atoms with Crippen molar-refractivity contribution in [1.29, 1.82) is 0 Å². The molecule has 3 nitrogen and oxygen atoms in total. The van der Waals surface area contributed by atoms with Gasteiger partial charge < -0.3 is 10.4 Å². The van der Waals surface area contributed by atoms with Gasteiger partial charge in [-0.05, 0) is 12.0 Å². The van der Waals surface area contributed by atoms with Crippen molar-refractivity contribution in [3.63, 3.8) is 0 Å². The number of rotatable bonds is 2. The summed E-state index contributed by atoms with van der Waals surface area (Å²) in [4.78, 5) is 11.3. The third kappa shape index (κ3) is 1.63. The smallest absolute Gasteiger partial charge is 0.226 e. The molecule has 1 fully saturated rings. The number of carbonyl (C=O) groups excluding carboxylic acids is 1. The molecule has 1 saturated heterocycles. The molecule has 2 atom stereocenters. The molecule has 1 aliphatic heterocycles. The quantitative estimate of drug-likeness (QED) is 0.728. The van der Waals surface area contributed by atoms with Crippen LogP contribution in [0.3, 0.4) is 0 Å². The molecular weight excluding hydrogens is 178 g/mol. The summed E-state index contributed by atoms with van der Waals surface area (Å²) in [5.74, 6) is -0.276. The van der Waals surface area contributed by atoms with E-state index in [4.69, 9.17) is 5.11 Å². The summed E-state index contributed by atoms with van der Waals surface area (Å²) >= 11 is 0. The fourth-order valence-corrected chi connectivity index (χ4v) is 1.80. The number of amides is 1. The van der Waals surface area contributed by atoms with E-state index >= 15 is 0 Å². The van der Waals surface area contributed by atoms with Crippen molar-refractivity contribution in [2.45, 2.75) is 12.5 Å². The molecular formula is C11H13NO2. The maximum Gasteiger partial charge on any atom is 0.226 e. The minimum Gasteiger partial charge on any atom is -0.396 e. The number of hydrogen-bond acceptors (Lipinski definition) is 2. The molecule has 2 rings (SSSR count). The minimum absolute atomic E-state index is 0.0404. The molecule has 0 spiro atoms. The number of carbonyl (C=O) groups is 1. The fourth-order valence-electron chi connectivity index (χ4n) is 1.80. The van der Waals surface area contributed by atoms with Crippen molar-refractivity contribution >= 4 is 5.91 Å². The van der Waals surface area contributed by atoms with E-state index in [9.17, 15) is 4.79 Å². The van der Waals surface area contributed by atoms with Gasteiger partial charge in [0.15, 0.2) is 0 Å². The van der Waals surface area contributed by atoms with Crippen molar-refractivity contribution in [3.8, 4) is 0 Å². The number of benzene rings is 1. The average Bonchev–Trinajstić information content (AvgIpc) is 2.61. The molecule has 0 saturated carbocycles. The van der Waals surface area contributed by atoms with E-state index in [0.717, 1.165) is 5.56 Å². The molecule has 1 aliphatic rings. The normalized spacial score (nSPS) is 26.2. The monoisotopic (exact) mass is 191 g/mol. The van der Waals surface area contributed by atoms with Crippen LogP contribution in [0.4, 0.5) is 0 Å². The van der Waals surface area contributed by atoms with Gasteiger partial charge >= 0.3 is 0 Å². The highest BCUT2D eigenvalue weighted by atomic mass is 16.3. The van der Waals surface area contributed by atoms with Crippen LogP contribution in [-0.2, 0) is 4.79 Å². The molecule has 0 bridgehead atoms. The van der Waals surface area contributed by atoms with Gasteiger partial charge in [-0.1, -0.05) is 30.3 Å². The van der Waals surface area contributed by atoms with Gasteiger partial charge in [0, 0.05) is 0 Å². The van der Waals surface area contributed by atoms with Crippen LogP contribution in [0.5, 0.6) is 0 Å². The lowest BCUT2D eigenvalue weighted by atomic mass is 10.0. The molecule has 1 amide bonds. The first-order valence-corrected chi connectivity index (χ1v) is 4.77. The Kier molecular flexibility index (Phi) is 2.50. The summed E-state index contributed by atoms with van der Waals surface area (Å²) in [6.45, 7) is -0.0604. The van der Waals surface area contributed by atoms with Gasteiger partial charge in [0.25, 0.3) is 0 Å². The van der Waals surface area contributed by atoms with Crippen molar-refractivity contribution in [1.82, 2.24) is 5.32 Å². The summed E-state index contributed by atoms with van der Waals surface area (Å²) in [5.41, 5.74) is 1.11. The van der Waals surface area contributed by atoms with Gasteiger partial charge in [0.1, 0.15) is 0 Å². The summed E-state index contributed by atoms with van der Waals surface area (Å²) in [6.07, 6.45) is 0.694. The highest BCUT2D eigenvalue weighted by Crippen LogP contribution is 2.27. The standard InChI is InChI=1S/C11H13NO2/c13-7-9-6-10(12-11(9)14)8-4-2-1-3-5-8/h1-5,9-10,13H,6-7H2,(H,12,14)/t9-,10-/m0/s1. The molecule has 1 heterocycles. The van der Waals surface area contributed by atoms with Gasteiger partial charge in [-0.15, -0.1) is 0 Å². The van der Waals surface area contributed by atoms with Crippen molar-refractivity contribution in [2.24, 2.45) is 5.92 Å². The van der Waals surface area contributed by atoms with Crippen LogP contribution in [0.1, 0.15) is 18.0 Å². The van der Waals surface area contributed by atoms with E-state index < -0.39 is 0 Å². The first kappa shape index (κ1) is 9.21. The van der Waals surface area contributed by atoms with E-state index in [0.29, 0.717) is 6.42 Å². The lowest BCUT2D eigenvalue weighted by Crippen LogP contribution is -2.22. The second kappa shape index (κ2) is 3.80. The Morgan fingerprint density at radius 1 is 1.36 bits per heavy atom. The maximum atomic E-state index is 11.3. The zero-order valence-electron chi connectivity index (χ0n) is 7.81. The second-order valence-corrected chi connectivity index (χ2v) is 3.59. The fraction of sp³-hybridized carbons (Fsp3) is 0.364. The lowest BCUT2D eigenvalue weighted by molar-refractivity contribution is -0.123. The van der Waals surface area contributed by atoms with Gasteiger partial charge in [0.05, 0.1) is 18.6 Å². The lowest BCUT2D eigenvalue weighted by Gasteiger charge is -2.09. The Hall–Kier alpha value is -1.35. The first-order chi connectivity index (χ1) is 6.81. The number of aliphatic hydroxyl groups is 1. The van der Waals surface area contributed by atoms with E-state index in [1.165, 1.54) is 0 Å². The molecule has 0 unspecified atom stereocenters. The summed E-state index contributed by atoms with van der Waals surface area (Å²) in [6, 6.07) is 9.90. The topological polar surface area (TPSA) is 49.3 Å². The van der Waals surface area contributed by atoms with Gasteiger partial charge in [0.2, 0.25) is 5.91 Å². The summed E-state index contributed by atoms with van der Waals surface area (Å²) in [7, 11) is 0. The van der Waals surface area contributed by atoms with Crippen LogP contribution >= 0.6 is 0 Å². The Morgan fingerprint density at radius 2 is 2.07 bits per heavy atom. The first-order valence-electron chi connectivity index (χ1n) is 4.77. The molecule has 14 heavy (non-hydrogen) atoms. The summed E-state index contributed by atoms with van der Waals surface area (Å²) in [5, 5.41) is 11.8. The third-order valence-corrected chi connectivity index (χ3v) is 2.63. The van der Waals surface area contributed by atoms with Gasteiger partial charge in [-0.25, -0.2) is 0 Å². The van der Waals surface area contributed by atoms with Crippen molar-refractivity contribution in [3.05, 3.63) is 35.9 Å². The van der Waals surface area contributed by atoms with E-state index in [1.54, 1.807) is 0 Å².